The van der Waals surface area contributed by atoms with Crippen molar-refractivity contribution in [1.29, 1.82) is 0 Å². The standard InChI is InChI=1S/C17H19F2N3O2/c1-9(2)7-22-10(3)12(6-20-22)17(23)21-14-8-24-15-5-11(18)4-13(19)16(14)15/h4-6,9,14H,7-8H2,1-3H3,(H,21,23)/t14-/m1/s1. The predicted molar refractivity (Wildman–Crippen MR) is 83.9 cm³/mol. The van der Waals surface area contributed by atoms with E-state index in [-0.39, 0.29) is 23.8 Å². The van der Waals surface area contributed by atoms with Crippen LogP contribution in [-0.2, 0) is 6.54 Å². The van der Waals surface area contributed by atoms with Crippen LogP contribution >= 0.6 is 0 Å². The average Bonchev–Trinajstić information content (AvgIpc) is 3.03. The molecule has 2 aromatic rings. The van der Waals surface area contributed by atoms with E-state index < -0.39 is 17.7 Å². The van der Waals surface area contributed by atoms with Crippen molar-refractivity contribution in [1.82, 2.24) is 15.1 Å². The van der Waals surface area contributed by atoms with Gasteiger partial charge in [-0.15, -0.1) is 0 Å². The summed E-state index contributed by atoms with van der Waals surface area (Å²) in [5, 5.41) is 6.97. The van der Waals surface area contributed by atoms with E-state index in [0.29, 0.717) is 18.0 Å². The van der Waals surface area contributed by atoms with Crippen molar-refractivity contribution < 1.29 is 18.3 Å². The van der Waals surface area contributed by atoms with Gasteiger partial charge in [0.1, 0.15) is 24.0 Å². The van der Waals surface area contributed by atoms with Gasteiger partial charge >= 0.3 is 0 Å². The molecule has 1 aliphatic heterocycles. The number of nitrogens with one attached hydrogen (secondary N) is 1. The summed E-state index contributed by atoms with van der Waals surface area (Å²) in [6.45, 7) is 6.73. The molecule has 0 spiro atoms. The highest BCUT2D eigenvalue weighted by Crippen LogP contribution is 2.35. The van der Waals surface area contributed by atoms with Crippen LogP contribution in [-0.4, -0.2) is 22.3 Å². The summed E-state index contributed by atoms with van der Waals surface area (Å²) in [5.74, 6) is -1.25. The lowest BCUT2D eigenvalue weighted by Crippen LogP contribution is -2.30. The normalized spacial score (nSPS) is 16.2. The molecule has 1 amide bonds. The summed E-state index contributed by atoms with van der Waals surface area (Å²) >= 11 is 0. The van der Waals surface area contributed by atoms with Crippen LogP contribution < -0.4 is 10.1 Å². The highest BCUT2D eigenvalue weighted by Gasteiger charge is 2.31. The van der Waals surface area contributed by atoms with Gasteiger partial charge in [-0.3, -0.25) is 9.48 Å². The first-order chi connectivity index (χ1) is 11.4. The quantitative estimate of drug-likeness (QED) is 0.934. The van der Waals surface area contributed by atoms with E-state index in [4.69, 9.17) is 4.74 Å². The Labute approximate surface area is 138 Å². The molecular weight excluding hydrogens is 316 g/mol. The van der Waals surface area contributed by atoms with Gasteiger partial charge in [-0.25, -0.2) is 8.78 Å². The van der Waals surface area contributed by atoms with Gasteiger partial charge in [0.2, 0.25) is 0 Å². The molecule has 0 saturated heterocycles. The fraction of sp³-hybridized carbons (Fsp3) is 0.412. The molecule has 1 atom stereocenters. The smallest absolute Gasteiger partial charge is 0.255 e. The minimum atomic E-state index is -0.722. The van der Waals surface area contributed by atoms with Gasteiger partial charge in [0.05, 0.1) is 23.4 Å². The molecule has 0 bridgehead atoms. The molecule has 2 heterocycles. The number of fused-ring (bicyclic) bond motifs is 1. The van der Waals surface area contributed by atoms with E-state index in [2.05, 4.69) is 24.3 Å². The van der Waals surface area contributed by atoms with Crippen molar-refractivity contribution in [3.63, 3.8) is 0 Å². The summed E-state index contributed by atoms with van der Waals surface area (Å²) in [6.07, 6.45) is 1.50. The number of ether oxygens (including phenoxy) is 1. The number of carbonyl (C=O) groups is 1. The topological polar surface area (TPSA) is 56.1 Å². The molecule has 0 radical (unpaired) electrons. The van der Waals surface area contributed by atoms with Crippen molar-refractivity contribution in [2.75, 3.05) is 6.61 Å². The Morgan fingerprint density at radius 1 is 1.46 bits per heavy atom. The molecule has 128 valence electrons. The number of amides is 1. The number of halogens is 2. The summed E-state index contributed by atoms with van der Waals surface area (Å²) in [7, 11) is 0. The fourth-order valence-corrected chi connectivity index (χ4v) is 2.82. The molecule has 0 saturated carbocycles. The van der Waals surface area contributed by atoms with E-state index in [1.165, 1.54) is 6.20 Å². The first-order valence-corrected chi connectivity index (χ1v) is 7.81. The average molecular weight is 335 g/mol. The Morgan fingerprint density at radius 2 is 2.21 bits per heavy atom. The Morgan fingerprint density at radius 3 is 2.92 bits per heavy atom. The molecule has 24 heavy (non-hydrogen) atoms. The summed E-state index contributed by atoms with van der Waals surface area (Å²) < 4.78 is 34.3. The van der Waals surface area contributed by atoms with Gasteiger partial charge in [-0.05, 0) is 12.8 Å². The molecule has 1 N–H and O–H groups in total. The van der Waals surface area contributed by atoms with Crippen LogP contribution in [0.4, 0.5) is 8.78 Å². The van der Waals surface area contributed by atoms with E-state index in [0.717, 1.165) is 17.8 Å². The molecular formula is C17H19F2N3O2. The van der Waals surface area contributed by atoms with Gasteiger partial charge in [0.15, 0.2) is 0 Å². The van der Waals surface area contributed by atoms with Crippen molar-refractivity contribution >= 4 is 5.91 Å². The number of nitrogens with zero attached hydrogens (tertiary/aromatic N) is 2. The maximum absolute atomic E-state index is 14.0. The van der Waals surface area contributed by atoms with Crippen LogP contribution in [0.5, 0.6) is 5.75 Å². The zero-order chi connectivity index (χ0) is 17.4. The maximum atomic E-state index is 14.0. The second kappa shape index (κ2) is 6.22. The lowest BCUT2D eigenvalue weighted by atomic mass is 10.1. The number of hydrogen-bond acceptors (Lipinski definition) is 3. The minimum absolute atomic E-state index is 0.0701. The SMILES string of the molecule is Cc1c(C(=O)N[C@@H]2COc3cc(F)cc(F)c32)cnn1CC(C)C. The first-order valence-electron chi connectivity index (χ1n) is 7.81. The zero-order valence-corrected chi connectivity index (χ0v) is 13.8. The predicted octanol–water partition coefficient (Wildman–Crippen LogP) is 2.99. The molecule has 1 aliphatic rings. The molecule has 5 nitrogen and oxygen atoms in total. The highest BCUT2D eigenvalue weighted by molar-refractivity contribution is 5.95. The third-order valence-electron chi connectivity index (χ3n) is 4.00. The minimum Gasteiger partial charge on any atom is -0.490 e. The zero-order valence-electron chi connectivity index (χ0n) is 13.8. The monoisotopic (exact) mass is 335 g/mol. The number of benzene rings is 1. The summed E-state index contributed by atoms with van der Waals surface area (Å²) in [6, 6.07) is 1.26. The van der Waals surface area contributed by atoms with E-state index >= 15 is 0 Å². The van der Waals surface area contributed by atoms with Crippen molar-refractivity contribution in [3.05, 3.63) is 46.8 Å². The molecule has 0 fully saturated rings. The van der Waals surface area contributed by atoms with Crippen LogP contribution in [0.3, 0.4) is 0 Å². The Bertz CT molecular complexity index is 786. The lowest BCUT2D eigenvalue weighted by molar-refractivity contribution is 0.0929. The van der Waals surface area contributed by atoms with Crippen LogP contribution in [0, 0.1) is 24.5 Å². The second-order valence-corrected chi connectivity index (χ2v) is 6.36. The largest absolute Gasteiger partial charge is 0.490 e. The Kier molecular flexibility index (Phi) is 4.26. The summed E-state index contributed by atoms with van der Waals surface area (Å²) in [5.41, 5.74) is 1.36. The molecule has 1 aromatic carbocycles. The number of hydrogen-bond donors (Lipinski definition) is 1. The number of aromatic nitrogens is 2. The molecule has 7 heteroatoms. The van der Waals surface area contributed by atoms with E-state index in [1.807, 2.05) is 6.92 Å². The van der Waals surface area contributed by atoms with E-state index in [1.54, 1.807) is 4.68 Å². The van der Waals surface area contributed by atoms with E-state index in [9.17, 15) is 13.6 Å². The maximum Gasteiger partial charge on any atom is 0.255 e. The van der Waals surface area contributed by atoms with Gasteiger partial charge in [0.25, 0.3) is 5.91 Å². The third-order valence-corrected chi connectivity index (χ3v) is 4.00. The number of carbonyl (C=O) groups excluding carboxylic acids is 1. The molecule has 0 unspecified atom stereocenters. The summed E-state index contributed by atoms with van der Waals surface area (Å²) in [4.78, 5) is 12.5. The molecule has 3 rings (SSSR count). The lowest BCUT2D eigenvalue weighted by Gasteiger charge is -2.13. The Hall–Kier alpha value is -2.44. The third kappa shape index (κ3) is 2.98. The van der Waals surface area contributed by atoms with Gasteiger partial charge in [-0.1, -0.05) is 13.8 Å². The first kappa shape index (κ1) is 16.4. The molecule has 1 aromatic heterocycles. The van der Waals surface area contributed by atoms with Crippen LogP contribution in [0.25, 0.3) is 0 Å². The second-order valence-electron chi connectivity index (χ2n) is 6.36. The van der Waals surface area contributed by atoms with Gasteiger partial charge in [0, 0.05) is 24.4 Å². The molecule has 0 aliphatic carbocycles. The van der Waals surface area contributed by atoms with Gasteiger partial charge < -0.3 is 10.1 Å². The van der Waals surface area contributed by atoms with Gasteiger partial charge in [-0.2, -0.15) is 5.10 Å². The van der Waals surface area contributed by atoms with Crippen LogP contribution in [0.1, 0.15) is 41.5 Å². The van der Waals surface area contributed by atoms with Crippen molar-refractivity contribution in [2.24, 2.45) is 5.92 Å². The highest BCUT2D eigenvalue weighted by atomic mass is 19.1. The van der Waals surface area contributed by atoms with Crippen LogP contribution in [0.2, 0.25) is 0 Å². The van der Waals surface area contributed by atoms with Crippen LogP contribution in [0.15, 0.2) is 18.3 Å². The fourth-order valence-electron chi connectivity index (χ4n) is 2.82. The van der Waals surface area contributed by atoms with Crippen molar-refractivity contribution in [2.45, 2.75) is 33.4 Å². The number of rotatable bonds is 4. The van der Waals surface area contributed by atoms with Crippen molar-refractivity contribution in [3.8, 4) is 5.75 Å². The Balaban J connectivity index is 1.79.